The Bertz CT molecular complexity index is 5310. The van der Waals surface area contributed by atoms with Crippen LogP contribution in [0.15, 0.2) is 304 Å². The second-order valence-corrected chi connectivity index (χ2v) is 25.1. The SMILES string of the molecule is CC1(C)c2ccc(-c3ccc(-c4nc(-c5ccc(-c6ccccc6)cc5)nc(-c5cccnc5)n4)cc3)cc2-c2ccc3ccccc3c21.CC1(C)c2ccccc2-c2c(-c3ccc(-c4nc(-c5ccc(-c6ccccc6)cc5)nc(-c5cccnc5)n4)cc3)cccc21. The van der Waals surface area contributed by atoms with Crippen LogP contribution in [-0.2, 0) is 10.8 Å². The van der Waals surface area contributed by atoms with Gasteiger partial charge in [0.15, 0.2) is 34.9 Å². The first-order valence-corrected chi connectivity index (χ1v) is 31.9. The van der Waals surface area contributed by atoms with E-state index in [1.165, 1.54) is 83.1 Å². The molecule has 0 unspecified atom stereocenters. The number of rotatable bonds is 10. The Hall–Kier alpha value is -12.0. The molecule has 0 amide bonds. The number of hydrogen-bond donors (Lipinski definition) is 0. The van der Waals surface area contributed by atoms with E-state index in [0.29, 0.717) is 34.9 Å². The predicted molar refractivity (Wildman–Crippen MR) is 382 cm³/mol. The lowest BCUT2D eigenvalue weighted by molar-refractivity contribution is 0.660. The lowest BCUT2D eigenvalue weighted by Gasteiger charge is -2.23. The molecule has 0 saturated carbocycles. The number of hydrogen-bond acceptors (Lipinski definition) is 8. The van der Waals surface area contributed by atoms with Gasteiger partial charge in [-0.05, 0) is 130 Å². The molecule has 8 nitrogen and oxygen atoms in total. The summed E-state index contributed by atoms with van der Waals surface area (Å²) in [6.07, 6.45) is 7.10. The van der Waals surface area contributed by atoms with Crippen molar-refractivity contribution in [3.8, 4) is 135 Å². The van der Waals surface area contributed by atoms with Crippen molar-refractivity contribution in [2.75, 3.05) is 0 Å². The van der Waals surface area contributed by atoms with Crippen LogP contribution in [0.4, 0.5) is 0 Å². The zero-order valence-electron chi connectivity index (χ0n) is 52.4. The number of aromatic nitrogens is 8. The van der Waals surface area contributed by atoms with Crippen LogP contribution in [0, 0.1) is 0 Å². The van der Waals surface area contributed by atoms with Gasteiger partial charge in [-0.1, -0.05) is 276 Å². The molecule has 0 fully saturated rings. The highest BCUT2D eigenvalue weighted by atomic mass is 15.0. The van der Waals surface area contributed by atoms with Gasteiger partial charge in [-0.25, -0.2) is 29.9 Å². The van der Waals surface area contributed by atoms with E-state index in [1.54, 1.807) is 24.8 Å². The minimum Gasteiger partial charge on any atom is -0.264 e. The van der Waals surface area contributed by atoms with E-state index in [0.717, 1.165) is 50.1 Å². The molecule has 446 valence electrons. The topological polar surface area (TPSA) is 103 Å². The van der Waals surface area contributed by atoms with Gasteiger partial charge in [0.05, 0.1) is 0 Å². The molecule has 0 spiro atoms. The number of fused-ring (bicyclic) bond motifs is 8. The summed E-state index contributed by atoms with van der Waals surface area (Å²) in [5.41, 5.74) is 25.5. The summed E-state index contributed by atoms with van der Waals surface area (Å²) in [7, 11) is 0. The molecular formula is C86H62N8. The Balaban J connectivity index is 0.000000149. The second kappa shape index (κ2) is 23.7. The van der Waals surface area contributed by atoms with E-state index in [2.05, 4.69) is 280 Å². The summed E-state index contributed by atoms with van der Waals surface area (Å²) in [5, 5.41) is 2.62. The summed E-state index contributed by atoms with van der Waals surface area (Å²) in [6, 6.07) is 98.1. The monoisotopic (exact) mass is 1210 g/mol. The molecule has 0 bridgehead atoms. The lowest BCUT2D eigenvalue weighted by Crippen LogP contribution is -2.15. The third-order valence-electron chi connectivity index (χ3n) is 18.7. The van der Waals surface area contributed by atoms with Crippen LogP contribution in [0.1, 0.15) is 49.9 Å². The average Bonchev–Trinajstić information content (AvgIpc) is 1.57. The van der Waals surface area contributed by atoms with Crippen molar-refractivity contribution < 1.29 is 0 Å². The Labute approximate surface area is 547 Å². The number of pyridine rings is 2. The summed E-state index contributed by atoms with van der Waals surface area (Å²) in [6.45, 7) is 9.33. The van der Waals surface area contributed by atoms with Gasteiger partial charge in [0.25, 0.3) is 0 Å². The van der Waals surface area contributed by atoms with Crippen LogP contribution < -0.4 is 0 Å². The van der Waals surface area contributed by atoms with Crippen molar-refractivity contribution in [1.82, 2.24) is 39.9 Å². The van der Waals surface area contributed by atoms with E-state index in [4.69, 9.17) is 29.9 Å². The maximum Gasteiger partial charge on any atom is 0.165 e. The smallest absolute Gasteiger partial charge is 0.165 e. The van der Waals surface area contributed by atoms with Crippen molar-refractivity contribution in [1.29, 1.82) is 0 Å². The van der Waals surface area contributed by atoms with Crippen LogP contribution in [-0.4, -0.2) is 39.9 Å². The van der Waals surface area contributed by atoms with Crippen LogP contribution in [0.3, 0.4) is 0 Å². The van der Waals surface area contributed by atoms with E-state index >= 15 is 0 Å². The highest BCUT2D eigenvalue weighted by Crippen LogP contribution is 2.54. The maximum atomic E-state index is 4.97. The Kier molecular flexibility index (Phi) is 14.4. The fraction of sp³-hybridized carbons (Fsp3) is 0.0698. The van der Waals surface area contributed by atoms with Crippen molar-refractivity contribution in [3.05, 3.63) is 326 Å². The van der Waals surface area contributed by atoms with Gasteiger partial charge < -0.3 is 0 Å². The predicted octanol–water partition coefficient (Wildman–Crippen LogP) is 21.0. The van der Waals surface area contributed by atoms with E-state index in [9.17, 15) is 0 Å². The minimum absolute atomic E-state index is 0.0366. The van der Waals surface area contributed by atoms with Crippen LogP contribution in [0.25, 0.3) is 146 Å². The summed E-state index contributed by atoms with van der Waals surface area (Å²) in [4.78, 5) is 38.2. The molecule has 0 saturated heterocycles. The molecule has 8 heteroatoms. The van der Waals surface area contributed by atoms with Crippen LogP contribution >= 0.6 is 0 Å². The zero-order valence-corrected chi connectivity index (χ0v) is 52.4. The zero-order chi connectivity index (χ0) is 63.3. The molecule has 2 aliphatic carbocycles. The third kappa shape index (κ3) is 10.5. The molecule has 4 heterocycles. The molecule has 4 aromatic heterocycles. The standard InChI is InChI=1S/C45H32N4.C41H30N4/c1-45(2)40-25-23-35(27-39(40)38-24-22-32-11-6-7-13-37(32)41(38)45)31-16-20-34(21-17-31)43-47-42(48-44(49-43)36-12-8-26-46-28-36)33-18-14-30(15-19-33)29-9-4-3-5-10-29;1-41(2)35-15-7-6-13-34(35)37-33(14-8-16-36(37)41)29-19-23-31(24-20-29)39-43-38(44-40(45-39)32-12-9-25-42-26-32)30-21-17-28(18-22-30)27-10-4-3-5-11-27/h3-28H,1-2H3;3-26H,1-2H3. The fourth-order valence-electron chi connectivity index (χ4n) is 13.8. The lowest BCUT2D eigenvalue weighted by atomic mass is 9.80. The maximum absolute atomic E-state index is 4.97. The first-order chi connectivity index (χ1) is 46.1. The first-order valence-electron chi connectivity index (χ1n) is 31.9. The number of nitrogens with zero attached hydrogens (tertiary/aromatic N) is 8. The summed E-state index contributed by atoms with van der Waals surface area (Å²) in [5.74, 6) is 3.69. The van der Waals surface area contributed by atoms with Gasteiger partial charge >= 0.3 is 0 Å². The van der Waals surface area contributed by atoms with Crippen LogP contribution in [0.5, 0.6) is 0 Å². The van der Waals surface area contributed by atoms with Crippen molar-refractivity contribution >= 4 is 10.8 Å². The minimum atomic E-state index is -0.0713. The molecule has 0 N–H and O–H groups in total. The quantitative estimate of drug-likeness (QED) is 0.133. The summed E-state index contributed by atoms with van der Waals surface area (Å²) < 4.78 is 0. The van der Waals surface area contributed by atoms with Gasteiger partial charge in [0.1, 0.15) is 0 Å². The molecule has 2 aliphatic rings. The third-order valence-corrected chi connectivity index (χ3v) is 18.7. The molecule has 15 aromatic rings. The van der Waals surface area contributed by atoms with Gasteiger partial charge in [-0.15, -0.1) is 0 Å². The van der Waals surface area contributed by atoms with Crippen molar-refractivity contribution in [2.24, 2.45) is 0 Å². The largest absolute Gasteiger partial charge is 0.264 e. The molecular weight excluding hydrogens is 1150 g/mol. The normalized spacial score (nSPS) is 12.9. The summed E-state index contributed by atoms with van der Waals surface area (Å²) >= 11 is 0. The molecule has 0 radical (unpaired) electrons. The Morgan fingerprint density at radius 2 is 0.617 bits per heavy atom. The molecule has 0 atom stereocenters. The molecule has 0 aliphatic heterocycles. The van der Waals surface area contributed by atoms with Crippen molar-refractivity contribution in [2.45, 2.75) is 38.5 Å². The Morgan fingerprint density at radius 1 is 0.234 bits per heavy atom. The molecule has 94 heavy (non-hydrogen) atoms. The van der Waals surface area contributed by atoms with Gasteiger partial charge in [-0.2, -0.15) is 0 Å². The second-order valence-electron chi connectivity index (χ2n) is 25.1. The highest BCUT2D eigenvalue weighted by Gasteiger charge is 2.38. The number of benzene rings is 11. The first kappa shape index (κ1) is 57.2. The van der Waals surface area contributed by atoms with Gasteiger partial charge in [-0.3, -0.25) is 9.97 Å². The van der Waals surface area contributed by atoms with E-state index in [-0.39, 0.29) is 10.8 Å². The van der Waals surface area contributed by atoms with Gasteiger partial charge in [0, 0.05) is 69.0 Å². The van der Waals surface area contributed by atoms with Crippen LogP contribution in [0.2, 0.25) is 0 Å². The molecule has 17 rings (SSSR count). The van der Waals surface area contributed by atoms with E-state index < -0.39 is 0 Å². The highest BCUT2D eigenvalue weighted by molar-refractivity contribution is 5.98. The van der Waals surface area contributed by atoms with E-state index in [1.807, 2.05) is 36.4 Å². The van der Waals surface area contributed by atoms with Gasteiger partial charge in [0.2, 0.25) is 0 Å². The fourth-order valence-corrected chi connectivity index (χ4v) is 13.8. The van der Waals surface area contributed by atoms with Crippen molar-refractivity contribution in [3.63, 3.8) is 0 Å². The average molecular weight is 1210 g/mol. The molecule has 11 aromatic carbocycles. The Morgan fingerprint density at radius 3 is 1.13 bits per heavy atom.